The lowest BCUT2D eigenvalue weighted by Crippen LogP contribution is -2.46. The SMILES string of the molecule is COCCC(C)(C)CN1C(=O)C(C)NC1C1CCCC1. The van der Waals surface area contributed by atoms with E-state index in [0.29, 0.717) is 5.92 Å². The number of methoxy groups -OCH3 is 1. The van der Waals surface area contributed by atoms with Gasteiger partial charge in [0.2, 0.25) is 5.91 Å². The van der Waals surface area contributed by atoms with Gasteiger partial charge in [-0.3, -0.25) is 10.1 Å². The molecule has 4 heteroatoms. The van der Waals surface area contributed by atoms with Gasteiger partial charge in [-0.25, -0.2) is 0 Å². The van der Waals surface area contributed by atoms with Crippen molar-refractivity contribution in [3.8, 4) is 0 Å². The summed E-state index contributed by atoms with van der Waals surface area (Å²) in [6, 6.07) is -0.0289. The lowest BCUT2D eigenvalue weighted by atomic mass is 9.88. The Morgan fingerprint density at radius 1 is 1.35 bits per heavy atom. The first-order valence-corrected chi connectivity index (χ1v) is 8.00. The van der Waals surface area contributed by atoms with Gasteiger partial charge in [0, 0.05) is 20.3 Å². The summed E-state index contributed by atoms with van der Waals surface area (Å²) < 4.78 is 5.20. The Kier molecular flexibility index (Phi) is 5.08. The quantitative estimate of drug-likeness (QED) is 0.813. The molecule has 2 rings (SSSR count). The third-order valence-corrected chi connectivity index (χ3v) is 4.84. The Balaban J connectivity index is 2.03. The Morgan fingerprint density at radius 2 is 2.00 bits per heavy atom. The van der Waals surface area contributed by atoms with Crippen molar-refractivity contribution in [1.29, 1.82) is 0 Å². The lowest BCUT2D eigenvalue weighted by Gasteiger charge is -2.35. The zero-order valence-corrected chi connectivity index (χ0v) is 13.4. The van der Waals surface area contributed by atoms with E-state index in [1.807, 2.05) is 6.92 Å². The minimum atomic E-state index is -0.0289. The third kappa shape index (κ3) is 3.53. The smallest absolute Gasteiger partial charge is 0.240 e. The van der Waals surface area contributed by atoms with Crippen LogP contribution in [-0.2, 0) is 9.53 Å². The highest BCUT2D eigenvalue weighted by Crippen LogP contribution is 2.34. The molecule has 1 aliphatic heterocycles. The molecule has 2 fully saturated rings. The Hall–Kier alpha value is -0.610. The molecule has 0 radical (unpaired) electrons. The standard InChI is InChI=1S/C16H30N2O2/c1-12-15(19)18(11-16(2,3)9-10-20-4)14(17-12)13-7-5-6-8-13/h12-14,17H,5-11H2,1-4H3. The number of hydrogen-bond acceptors (Lipinski definition) is 3. The van der Waals surface area contributed by atoms with Crippen LogP contribution in [0.15, 0.2) is 0 Å². The monoisotopic (exact) mass is 282 g/mol. The summed E-state index contributed by atoms with van der Waals surface area (Å²) >= 11 is 0. The van der Waals surface area contributed by atoms with Gasteiger partial charge >= 0.3 is 0 Å². The topological polar surface area (TPSA) is 41.6 Å². The second-order valence-corrected chi connectivity index (χ2v) is 7.25. The molecule has 1 N–H and O–H groups in total. The molecule has 1 heterocycles. The Labute approximate surface area is 123 Å². The van der Waals surface area contributed by atoms with Crippen LogP contribution in [0.1, 0.15) is 52.9 Å². The number of nitrogens with one attached hydrogen (secondary N) is 1. The van der Waals surface area contributed by atoms with E-state index in [0.717, 1.165) is 19.6 Å². The number of amides is 1. The van der Waals surface area contributed by atoms with Crippen molar-refractivity contribution >= 4 is 5.91 Å². The maximum atomic E-state index is 12.5. The molecule has 1 saturated carbocycles. The van der Waals surface area contributed by atoms with Gasteiger partial charge in [0.1, 0.15) is 0 Å². The average molecular weight is 282 g/mol. The van der Waals surface area contributed by atoms with Gasteiger partial charge in [-0.2, -0.15) is 0 Å². The van der Waals surface area contributed by atoms with Crippen LogP contribution in [0.3, 0.4) is 0 Å². The van der Waals surface area contributed by atoms with E-state index in [2.05, 4.69) is 24.1 Å². The van der Waals surface area contributed by atoms with Crippen molar-refractivity contribution < 1.29 is 9.53 Å². The van der Waals surface area contributed by atoms with Crippen LogP contribution in [0.2, 0.25) is 0 Å². The molecule has 0 spiro atoms. The predicted molar refractivity (Wildman–Crippen MR) is 80.3 cm³/mol. The summed E-state index contributed by atoms with van der Waals surface area (Å²) in [4.78, 5) is 14.6. The Bertz CT molecular complexity index is 337. The van der Waals surface area contributed by atoms with Crippen LogP contribution in [0.4, 0.5) is 0 Å². The highest BCUT2D eigenvalue weighted by atomic mass is 16.5. The predicted octanol–water partition coefficient (Wildman–Crippen LogP) is 2.39. The molecular weight excluding hydrogens is 252 g/mol. The third-order valence-electron chi connectivity index (χ3n) is 4.84. The number of hydrogen-bond donors (Lipinski definition) is 1. The molecule has 2 atom stereocenters. The van der Waals surface area contributed by atoms with Gasteiger partial charge in [-0.05, 0) is 37.5 Å². The van der Waals surface area contributed by atoms with E-state index in [4.69, 9.17) is 4.74 Å². The summed E-state index contributed by atoms with van der Waals surface area (Å²) in [6.07, 6.45) is 6.37. The number of nitrogens with zero attached hydrogens (tertiary/aromatic N) is 1. The molecule has 1 saturated heterocycles. The molecule has 0 aromatic heterocycles. The van der Waals surface area contributed by atoms with Crippen molar-refractivity contribution in [2.75, 3.05) is 20.3 Å². The van der Waals surface area contributed by atoms with Gasteiger partial charge in [0.25, 0.3) is 0 Å². The molecule has 116 valence electrons. The van der Waals surface area contributed by atoms with Crippen molar-refractivity contribution in [2.45, 2.75) is 65.1 Å². The summed E-state index contributed by atoms with van der Waals surface area (Å²) in [7, 11) is 1.74. The van der Waals surface area contributed by atoms with E-state index in [-0.39, 0.29) is 23.5 Å². The van der Waals surface area contributed by atoms with Crippen molar-refractivity contribution in [3.05, 3.63) is 0 Å². The molecule has 4 nitrogen and oxygen atoms in total. The summed E-state index contributed by atoms with van der Waals surface area (Å²) in [5.41, 5.74) is 0.105. The van der Waals surface area contributed by atoms with Crippen molar-refractivity contribution in [1.82, 2.24) is 10.2 Å². The highest BCUT2D eigenvalue weighted by molar-refractivity contribution is 5.84. The summed E-state index contributed by atoms with van der Waals surface area (Å²) in [5, 5.41) is 3.52. The van der Waals surface area contributed by atoms with Crippen LogP contribution in [0.25, 0.3) is 0 Å². The fourth-order valence-electron chi connectivity index (χ4n) is 3.56. The molecule has 2 unspecified atom stereocenters. The lowest BCUT2D eigenvalue weighted by molar-refractivity contribution is -0.132. The molecule has 0 bridgehead atoms. The maximum Gasteiger partial charge on any atom is 0.240 e. The van der Waals surface area contributed by atoms with Gasteiger partial charge in [-0.1, -0.05) is 26.7 Å². The first-order valence-electron chi connectivity index (χ1n) is 8.00. The zero-order valence-electron chi connectivity index (χ0n) is 13.4. The van der Waals surface area contributed by atoms with Crippen LogP contribution in [0.5, 0.6) is 0 Å². The van der Waals surface area contributed by atoms with Crippen LogP contribution < -0.4 is 5.32 Å². The number of carbonyl (C=O) groups excluding carboxylic acids is 1. The van der Waals surface area contributed by atoms with Gasteiger partial charge in [-0.15, -0.1) is 0 Å². The van der Waals surface area contributed by atoms with E-state index in [1.165, 1.54) is 25.7 Å². The van der Waals surface area contributed by atoms with Gasteiger partial charge in [0.15, 0.2) is 0 Å². The minimum Gasteiger partial charge on any atom is -0.385 e. The van der Waals surface area contributed by atoms with E-state index in [9.17, 15) is 4.79 Å². The summed E-state index contributed by atoms with van der Waals surface area (Å²) in [6.45, 7) is 8.04. The van der Waals surface area contributed by atoms with Crippen LogP contribution in [0, 0.1) is 11.3 Å². The van der Waals surface area contributed by atoms with Gasteiger partial charge < -0.3 is 9.64 Å². The first-order chi connectivity index (χ1) is 9.44. The van der Waals surface area contributed by atoms with Crippen LogP contribution in [-0.4, -0.2) is 43.3 Å². The van der Waals surface area contributed by atoms with Crippen LogP contribution >= 0.6 is 0 Å². The number of ether oxygens (including phenoxy) is 1. The molecule has 2 aliphatic rings. The molecule has 1 amide bonds. The van der Waals surface area contributed by atoms with E-state index >= 15 is 0 Å². The van der Waals surface area contributed by atoms with E-state index in [1.54, 1.807) is 7.11 Å². The molecule has 0 aromatic rings. The fraction of sp³-hybridized carbons (Fsp3) is 0.938. The average Bonchev–Trinajstić information content (AvgIpc) is 3.00. The van der Waals surface area contributed by atoms with Crippen molar-refractivity contribution in [3.63, 3.8) is 0 Å². The second kappa shape index (κ2) is 6.44. The molecule has 1 aliphatic carbocycles. The molecule has 20 heavy (non-hydrogen) atoms. The first kappa shape index (κ1) is 15.8. The van der Waals surface area contributed by atoms with E-state index < -0.39 is 0 Å². The molecular formula is C16H30N2O2. The fourth-order valence-corrected chi connectivity index (χ4v) is 3.56. The number of carbonyl (C=O) groups is 1. The van der Waals surface area contributed by atoms with Gasteiger partial charge in [0.05, 0.1) is 12.2 Å². The highest BCUT2D eigenvalue weighted by Gasteiger charge is 2.42. The minimum absolute atomic E-state index is 0.0289. The Morgan fingerprint density at radius 3 is 2.60 bits per heavy atom. The summed E-state index contributed by atoms with van der Waals surface area (Å²) in [5.74, 6) is 0.912. The second-order valence-electron chi connectivity index (χ2n) is 7.25. The van der Waals surface area contributed by atoms with Crippen molar-refractivity contribution in [2.24, 2.45) is 11.3 Å². The number of rotatable bonds is 6. The normalized spacial score (nSPS) is 28.6. The maximum absolute atomic E-state index is 12.5. The molecule has 0 aromatic carbocycles. The largest absolute Gasteiger partial charge is 0.385 e. The zero-order chi connectivity index (χ0) is 14.8.